The summed E-state index contributed by atoms with van der Waals surface area (Å²) < 4.78 is 1.79. The molecule has 0 bridgehead atoms. The van der Waals surface area contributed by atoms with Crippen LogP contribution in [0.25, 0.3) is 5.69 Å². The highest BCUT2D eigenvalue weighted by molar-refractivity contribution is 6.30. The van der Waals surface area contributed by atoms with E-state index >= 15 is 0 Å². The second-order valence-corrected chi connectivity index (χ2v) is 4.19. The number of hydrogen-bond acceptors (Lipinski definition) is 2. The number of rotatable bonds is 3. The van der Waals surface area contributed by atoms with Gasteiger partial charge in [0.25, 0.3) is 0 Å². The molecule has 2 aromatic rings. The summed E-state index contributed by atoms with van der Waals surface area (Å²) in [6.07, 6.45) is 2.49. The largest absolute Gasteiger partial charge is 0.397 e. The van der Waals surface area contributed by atoms with E-state index in [2.05, 4.69) is 5.10 Å². The quantitative estimate of drug-likeness (QED) is 0.677. The molecule has 2 rings (SSSR count). The minimum absolute atomic E-state index is 0.555. The summed E-state index contributed by atoms with van der Waals surface area (Å²) in [5.74, 6) is 0.555. The Hall–Kier alpha value is -1.19. The summed E-state index contributed by atoms with van der Waals surface area (Å²) in [6.45, 7) is 0. The number of benzene rings is 1. The van der Waals surface area contributed by atoms with Gasteiger partial charge in [0.2, 0.25) is 0 Å². The molecule has 0 aliphatic rings. The number of nitrogens with zero attached hydrogens (tertiary/aromatic N) is 2. The molecule has 0 saturated carbocycles. The van der Waals surface area contributed by atoms with E-state index in [0.29, 0.717) is 16.6 Å². The molecule has 16 heavy (non-hydrogen) atoms. The molecule has 2 N–H and O–H groups in total. The van der Waals surface area contributed by atoms with Gasteiger partial charge in [-0.2, -0.15) is 5.10 Å². The standard InChI is InChI=1S/C11H11Cl2N3/c12-5-3-9-4-6-15-16(9)11-2-1-8(13)7-10(11)14/h1-2,4,6-7H,3,5,14H2. The number of alkyl halides is 1. The molecule has 0 aliphatic carbocycles. The maximum absolute atomic E-state index is 5.90. The molecule has 0 unspecified atom stereocenters. The topological polar surface area (TPSA) is 43.8 Å². The molecule has 0 atom stereocenters. The highest BCUT2D eigenvalue weighted by Gasteiger charge is 2.07. The first-order valence-electron chi connectivity index (χ1n) is 4.86. The molecule has 1 heterocycles. The third-order valence-electron chi connectivity index (χ3n) is 2.29. The number of nitrogens with two attached hydrogens (primary N) is 1. The van der Waals surface area contributed by atoms with Gasteiger partial charge < -0.3 is 5.73 Å². The van der Waals surface area contributed by atoms with Crippen LogP contribution in [0.4, 0.5) is 5.69 Å². The molecule has 0 spiro atoms. The maximum Gasteiger partial charge on any atom is 0.0879 e. The third kappa shape index (κ3) is 2.15. The second-order valence-electron chi connectivity index (χ2n) is 3.38. The Bertz CT molecular complexity index is 494. The number of aryl methyl sites for hydroxylation is 1. The van der Waals surface area contributed by atoms with E-state index in [0.717, 1.165) is 17.8 Å². The average Bonchev–Trinajstić information content (AvgIpc) is 2.67. The monoisotopic (exact) mass is 255 g/mol. The molecule has 0 fully saturated rings. The molecule has 0 radical (unpaired) electrons. The molecular weight excluding hydrogens is 245 g/mol. The summed E-state index contributed by atoms with van der Waals surface area (Å²) in [6, 6.07) is 7.28. The van der Waals surface area contributed by atoms with Crippen LogP contribution in [0.15, 0.2) is 30.5 Å². The van der Waals surface area contributed by atoms with Crippen LogP contribution in [-0.2, 0) is 6.42 Å². The fourth-order valence-corrected chi connectivity index (χ4v) is 1.93. The van der Waals surface area contributed by atoms with E-state index < -0.39 is 0 Å². The van der Waals surface area contributed by atoms with Gasteiger partial charge in [-0.05, 0) is 24.3 Å². The van der Waals surface area contributed by atoms with Crippen molar-refractivity contribution in [3.63, 3.8) is 0 Å². The first kappa shape index (κ1) is 11.3. The molecule has 1 aromatic heterocycles. The Labute approximate surface area is 104 Å². The highest BCUT2D eigenvalue weighted by Crippen LogP contribution is 2.22. The van der Waals surface area contributed by atoms with Crippen LogP contribution in [0, 0.1) is 0 Å². The van der Waals surface area contributed by atoms with Crippen LogP contribution in [0.2, 0.25) is 5.02 Å². The van der Waals surface area contributed by atoms with E-state index in [1.54, 1.807) is 23.0 Å². The Morgan fingerprint density at radius 3 is 2.81 bits per heavy atom. The normalized spacial score (nSPS) is 10.6. The van der Waals surface area contributed by atoms with Gasteiger partial charge in [-0.15, -0.1) is 11.6 Å². The van der Waals surface area contributed by atoms with Gasteiger partial charge in [0.15, 0.2) is 0 Å². The lowest BCUT2D eigenvalue weighted by atomic mass is 10.2. The molecule has 3 nitrogen and oxygen atoms in total. The molecular formula is C11H11Cl2N3. The minimum atomic E-state index is 0.555. The zero-order chi connectivity index (χ0) is 11.5. The van der Waals surface area contributed by atoms with E-state index in [1.165, 1.54) is 0 Å². The maximum atomic E-state index is 5.90. The molecule has 5 heteroatoms. The van der Waals surface area contributed by atoms with Crippen molar-refractivity contribution in [2.45, 2.75) is 6.42 Å². The Balaban J connectivity index is 2.46. The predicted octanol–water partition coefficient (Wildman–Crippen LogP) is 2.89. The minimum Gasteiger partial charge on any atom is -0.397 e. The lowest BCUT2D eigenvalue weighted by Gasteiger charge is -2.09. The van der Waals surface area contributed by atoms with Crippen LogP contribution in [-0.4, -0.2) is 15.7 Å². The summed E-state index contributed by atoms with van der Waals surface area (Å²) in [4.78, 5) is 0. The van der Waals surface area contributed by atoms with Crippen molar-refractivity contribution in [2.75, 3.05) is 11.6 Å². The van der Waals surface area contributed by atoms with Crippen LogP contribution in [0.3, 0.4) is 0 Å². The lowest BCUT2D eigenvalue weighted by molar-refractivity contribution is 0.818. The van der Waals surface area contributed by atoms with Crippen molar-refractivity contribution < 1.29 is 0 Å². The number of hydrogen-bond donors (Lipinski definition) is 1. The average molecular weight is 256 g/mol. The third-order valence-corrected chi connectivity index (χ3v) is 2.71. The van der Waals surface area contributed by atoms with Crippen molar-refractivity contribution in [1.29, 1.82) is 0 Å². The Morgan fingerprint density at radius 1 is 1.31 bits per heavy atom. The molecule has 84 valence electrons. The summed E-state index contributed by atoms with van der Waals surface area (Å²) >= 11 is 11.6. The van der Waals surface area contributed by atoms with Crippen LogP contribution in [0.1, 0.15) is 5.69 Å². The summed E-state index contributed by atoms with van der Waals surface area (Å²) in [5, 5.41) is 4.85. The molecule has 0 saturated heterocycles. The van der Waals surface area contributed by atoms with Crippen molar-refractivity contribution in [3.05, 3.63) is 41.2 Å². The van der Waals surface area contributed by atoms with Crippen molar-refractivity contribution in [1.82, 2.24) is 9.78 Å². The number of nitrogen functional groups attached to an aromatic ring is 1. The van der Waals surface area contributed by atoms with E-state index in [-0.39, 0.29) is 0 Å². The number of aromatic nitrogens is 2. The van der Waals surface area contributed by atoms with Gasteiger partial charge in [-0.1, -0.05) is 11.6 Å². The summed E-state index contributed by atoms with van der Waals surface area (Å²) in [5.41, 5.74) is 8.36. The Morgan fingerprint density at radius 2 is 2.12 bits per heavy atom. The van der Waals surface area contributed by atoms with Gasteiger partial charge in [-0.3, -0.25) is 0 Å². The molecule has 1 aromatic carbocycles. The SMILES string of the molecule is Nc1cc(Cl)ccc1-n1nccc1CCCl. The van der Waals surface area contributed by atoms with Gasteiger partial charge in [0.1, 0.15) is 0 Å². The lowest BCUT2D eigenvalue weighted by Crippen LogP contribution is -2.05. The fraction of sp³-hybridized carbons (Fsp3) is 0.182. The number of halogens is 2. The van der Waals surface area contributed by atoms with Gasteiger partial charge >= 0.3 is 0 Å². The van der Waals surface area contributed by atoms with Gasteiger partial charge in [0, 0.05) is 29.2 Å². The second kappa shape index (κ2) is 4.76. The van der Waals surface area contributed by atoms with Crippen molar-refractivity contribution in [2.24, 2.45) is 0 Å². The fourth-order valence-electron chi connectivity index (χ4n) is 1.55. The van der Waals surface area contributed by atoms with Crippen LogP contribution >= 0.6 is 23.2 Å². The Kier molecular flexibility index (Phi) is 3.36. The van der Waals surface area contributed by atoms with Crippen LogP contribution < -0.4 is 5.73 Å². The first-order chi connectivity index (χ1) is 7.72. The smallest absolute Gasteiger partial charge is 0.0879 e. The van der Waals surface area contributed by atoms with E-state index in [4.69, 9.17) is 28.9 Å². The van der Waals surface area contributed by atoms with Crippen molar-refractivity contribution >= 4 is 28.9 Å². The van der Waals surface area contributed by atoms with E-state index in [9.17, 15) is 0 Å². The number of anilines is 1. The van der Waals surface area contributed by atoms with Gasteiger partial charge in [0.05, 0.1) is 11.4 Å². The zero-order valence-electron chi connectivity index (χ0n) is 8.53. The molecule has 0 aliphatic heterocycles. The van der Waals surface area contributed by atoms with Gasteiger partial charge in [-0.25, -0.2) is 4.68 Å². The predicted molar refractivity (Wildman–Crippen MR) is 67.4 cm³/mol. The highest BCUT2D eigenvalue weighted by atomic mass is 35.5. The zero-order valence-corrected chi connectivity index (χ0v) is 10.0. The summed E-state index contributed by atoms with van der Waals surface area (Å²) in [7, 11) is 0. The van der Waals surface area contributed by atoms with Crippen LogP contribution in [0.5, 0.6) is 0 Å². The molecule has 0 amide bonds. The first-order valence-corrected chi connectivity index (χ1v) is 5.78. The van der Waals surface area contributed by atoms with Crippen molar-refractivity contribution in [3.8, 4) is 5.69 Å². The van der Waals surface area contributed by atoms with E-state index in [1.807, 2.05) is 12.1 Å².